The first-order chi connectivity index (χ1) is 11.0. The van der Waals surface area contributed by atoms with E-state index >= 15 is 0 Å². The van der Waals surface area contributed by atoms with Crippen molar-refractivity contribution < 1.29 is 4.79 Å². The third-order valence-corrected chi connectivity index (χ3v) is 4.27. The highest BCUT2D eigenvalue weighted by Crippen LogP contribution is 2.21. The number of carbonyl (C=O) groups is 1. The lowest BCUT2D eigenvalue weighted by Crippen LogP contribution is -2.43. The fourth-order valence-corrected chi connectivity index (χ4v) is 2.99. The summed E-state index contributed by atoms with van der Waals surface area (Å²) in [6.07, 6.45) is 4.40. The Bertz CT molecular complexity index is 532. The van der Waals surface area contributed by atoms with E-state index in [2.05, 4.69) is 27.1 Å². The Labute approximate surface area is 139 Å². The maximum absolute atomic E-state index is 12.9. The molecule has 1 aromatic rings. The van der Waals surface area contributed by atoms with Gasteiger partial charge in [0, 0.05) is 31.4 Å². The van der Waals surface area contributed by atoms with Crippen molar-refractivity contribution in [2.24, 2.45) is 0 Å². The van der Waals surface area contributed by atoms with Crippen molar-refractivity contribution in [1.82, 2.24) is 19.8 Å². The first kappa shape index (κ1) is 17.7. The number of aromatic nitrogens is 2. The van der Waals surface area contributed by atoms with Gasteiger partial charge in [-0.2, -0.15) is 0 Å². The minimum absolute atomic E-state index is 0.0395. The maximum atomic E-state index is 12.9. The van der Waals surface area contributed by atoms with Gasteiger partial charge in [0.15, 0.2) is 0 Å². The number of likely N-dealkylation sites (N-methyl/N-ethyl adjacent to an activating group) is 1. The fraction of sp³-hybridized carbons (Fsp3) is 0.706. The number of likely N-dealkylation sites (tertiary alicyclic amines) is 1. The summed E-state index contributed by atoms with van der Waals surface area (Å²) in [5.41, 5.74) is 1.32. The maximum Gasteiger partial charge on any atom is 0.272 e. The molecule has 2 rings (SSSR count). The number of aryl methyl sites for hydroxylation is 1. The number of anilines is 1. The van der Waals surface area contributed by atoms with E-state index in [1.807, 2.05) is 25.9 Å². The van der Waals surface area contributed by atoms with Crippen LogP contribution in [-0.2, 0) is 0 Å². The first-order valence-electron chi connectivity index (χ1n) is 8.56. The number of hydrogen-bond donors (Lipinski definition) is 1. The van der Waals surface area contributed by atoms with Crippen LogP contribution in [0.2, 0.25) is 0 Å². The number of carbonyl (C=O) groups excluding carboxylic acids is 1. The van der Waals surface area contributed by atoms with Crippen LogP contribution < -0.4 is 5.32 Å². The summed E-state index contributed by atoms with van der Waals surface area (Å²) in [6, 6.07) is 2.14. The van der Waals surface area contributed by atoms with Crippen molar-refractivity contribution in [3.05, 3.63) is 17.5 Å². The molecular weight excluding hydrogens is 290 g/mol. The highest BCUT2D eigenvalue weighted by atomic mass is 16.2. The summed E-state index contributed by atoms with van der Waals surface area (Å²) in [7, 11) is 4.05. The molecule has 1 amide bonds. The monoisotopic (exact) mass is 319 g/mol. The van der Waals surface area contributed by atoms with Gasteiger partial charge < -0.3 is 15.1 Å². The van der Waals surface area contributed by atoms with Crippen molar-refractivity contribution in [3.63, 3.8) is 0 Å². The Balaban J connectivity index is 2.11. The van der Waals surface area contributed by atoms with Crippen molar-refractivity contribution in [2.45, 2.75) is 45.6 Å². The summed E-state index contributed by atoms with van der Waals surface area (Å²) in [5.74, 6) is 0.581. The molecule has 1 fully saturated rings. The van der Waals surface area contributed by atoms with Crippen molar-refractivity contribution in [3.8, 4) is 0 Å². The van der Waals surface area contributed by atoms with Crippen LogP contribution in [-0.4, -0.2) is 65.4 Å². The Morgan fingerprint density at radius 1 is 1.39 bits per heavy atom. The minimum Gasteiger partial charge on any atom is -0.353 e. The SMILES string of the molecule is CCC1CCCCN1C(=O)c1cc(C)nc(NCCN(C)C)n1. The predicted molar refractivity (Wildman–Crippen MR) is 92.8 cm³/mol. The summed E-state index contributed by atoms with van der Waals surface area (Å²) in [6.45, 7) is 6.54. The number of amides is 1. The largest absolute Gasteiger partial charge is 0.353 e. The van der Waals surface area contributed by atoms with Crippen LogP contribution in [0.3, 0.4) is 0 Å². The third-order valence-electron chi connectivity index (χ3n) is 4.27. The van der Waals surface area contributed by atoms with Gasteiger partial charge in [0.25, 0.3) is 5.91 Å². The average Bonchev–Trinajstić information content (AvgIpc) is 2.53. The lowest BCUT2D eigenvalue weighted by Gasteiger charge is -2.35. The molecular formula is C17H29N5O. The average molecular weight is 319 g/mol. The van der Waals surface area contributed by atoms with Gasteiger partial charge in [-0.1, -0.05) is 6.92 Å². The normalized spacial score (nSPS) is 18.3. The van der Waals surface area contributed by atoms with Crippen LogP contribution in [0, 0.1) is 6.92 Å². The van der Waals surface area contributed by atoms with E-state index in [4.69, 9.17) is 0 Å². The Hall–Kier alpha value is -1.69. The van der Waals surface area contributed by atoms with Gasteiger partial charge in [-0.15, -0.1) is 0 Å². The van der Waals surface area contributed by atoms with E-state index in [0.29, 0.717) is 17.7 Å². The smallest absolute Gasteiger partial charge is 0.272 e. The van der Waals surface area contributed by atoms with Gasteiger partial charge >= 0.3 is 0 Å². The summed E-state index contributed by atoms with van der Waals surface area (Å²) in [5, 5.41) is 3.21. The zero-order chi connectivity index (χ0) is 16.8. The van der Waals surface area contributed by atoms with Gasteiger partial charge in [-0.3, -0.25) is 4.79 Å². The molecule has 1 aromatic heterocycles. The quantitative estimate of drug-likeness (QED) is 0.870. The van der Waals surface area contributed by atoms with Gasteiger partial charge in [-0.25, -0.2) is 9.97 Å². The lowest BCUT2D eigenvalue weighted by molar-refractivity contribution is 0.0601. The highest BCUT2D eigenvalue weighted by molar-refractivity contribution is 5.93. The summed E-state index contributed by atoms with van der Waals surface area (Å²) >= 11 is 0. The Morgan fingerprint density at radius 3 is 2.87 bits per heavy atom. The standard InChI is InChI=1S/C17H29N5O/c1-5-14-8-6-7-10-22(14)16(23)15-12-13(2)19-17(20-15)18-9-11-21(3)4/h12,14H,5-11H2,1-4H3,(H,18,19,20). The molecule has 23 heavy (non-hydrogen) atoms. The Kier molecular flexibility index (Phi) is 6.33. The summed E-state index contributed by atoms with van der Waals surface area (Å²) in [4.78, 5) is 25.8. The first-order valence-corrected chi connectivity index (χ1v) is 8.56. The van der Waals surface area contributed by atoms with Gasteiger partial charge in [-0.05, 0) is 52.8 Å². The molecule has 1 aliphatic rings. The summed E-state index contributed by atoms with van der Waals surface area (Å²) < 4.78 is 0. The van der Waals surface area contributed by atoms with Crippen LogP contribution in [0.1, 0.15) is 48.8 Å². The minimum atomic E-state index is 0.0395. The van der Waals surface area contributed by atoms with Crippen LogP contribution in [0.4, 0.5) is 5.95 Å². The zero-order valence-electron chi connectivity index (χ0n) is 14.8. The number of piperidine rings is 1. The van der Waals surface area contributed by atoms with Gasteiger partial charge in [0.1, 0.15) is 5.69 Å². The van der Waals surface area contributed by atoms with Crippen LogP contribution in [0.5, 0.6) is 0 Å². The second-order valence-electron chi connectivity index (χ2n) is 6.50. The molecule has 1 saturated heterocycles. The molecule has 0 bridgehead atoms. The van der Waals surface area contributed by atoms with E-state index in [0.717, 1.165) is 44.6 Å². The van der Waals surface area contributed by atoms with Gasteiger partial charge in [0.2, 0.25) is 5.95 Å². The van der Waals surface area contributed by atoms with E-state index < -0.39 is 0 Å². The van der Waals surface area contributed by atoms with Gasteiger partial charge in [0.05, 0.1) is 0 Å². The second-order valence-corrected chi connectivity index (χ2v) is 6.50. The van der Waals surface area contributed by atoms with E-state index in [1.165, 1.54) is 6.42 Å². The molecule has 1 unspecified atom stereocenters. The van der Waals surface area contributed by atoms with Crippen LogP contribution in [0.15, 0.2) is 6.07 Å². The highest BCUT2D eigenvalue weighted by Gasteiger charge is 2.27. The molecule has 6 heteroatoms. The molecule has 1 atom stereocenters. The van der Waals surface area contributed by atoms with Crippen LogP contribution in [0.25, 0.3) is 0 Å². The molecule has 128 valence electrons. The van der Waals surface area contributed by atoms with Crippen molar-refractivity contribution >= 4 is 11.9 Å². The molecule has 0 aromatic carbocycles. The number of nitrogens with zero attached hydrogens (tertiary/aromatic N) is 4. The van der Waals surface area contributed by atoms with Crippen molar-refractivity contribution in [2.75, 3.05) is 39.0 Å². The topological polar surface area (TPSA) is 61.4 Å². The van der Waals surface area contributed by atoms with Crippen LogP contribution >= 0.6 is 0 Å². The van der Waals surface area contributed by atoms with Crippen molar-refractivity contribution in [1.29, 1.82) is 0 Å². The molecule has 0 saturated carbocycles. The molecule has 2 heterocycles. The molecule has 0 radical (unpaired) electrons. The van der Waals surface area contributed by atoms with E-state index in [-0.39, 0.29) is 5.91 Å². The Morgan fingerprint density at radius 2 is 2.17 bits per heavy atom. The molecule has 6 nitrogen and oxygen atoms in total. The number of rotatable bonds is 6. The fourth-order valence-electron chi connectivity index (χ4n) is 2.99. The molecule has 1 aliphatic heterocycles. The molecule has 1 N–H and O–H groups in total. The zero-order valence-corrected chi connectivity index (χ0v) is 14.8. The lowest BCUT2D eigenvalue weighted by atomic mass is 9.99. The predicted octanol–water partition coefficient (Wildman–Crippen LogP) is 2.16. The molecule has 0 spiro atoms. The van der Waals surface area contributed by atoms with E-state index in [9.17, 15) is 4.79 Å². The number of hydrogen-bond acceptors (Lipinski definition) is 5. The molecule has 0 aliphatic carbocycles. The van der Waals surface area contributed by atoms with E-state index in [1.54, 1.807) is 6.07 Å². The second kappa shape index (κ2) is 8.24. The third kappa shape index (κ3) is 4.89. The number of nitrogens with one attached hydrogen (secondary N) is 1.